The molecule has 1 aromatic carbocycles. The van der Waals surface area contributed by atoms with Crippen molar-refractivity contribution in [3.05, 3.63) is 34.1 Å². The van der Waals surface area contributed by atoms with Crippen molar-refractivity contribution in [1.29, 1.82) is 0 Å². The van der Waals surface area contributed by atoms with Crippen LogP contribution in [0.15, 0.2) is 28.0 Å². The topological polar surface area (TPSA) is 215 Å². The van der Waals surface area contributed by atoms with Gasteiger partial charge in [0.15, 0.2) is 17.3 Å². The van der Waals surface area contributed by atoms with Gasteiger partial charge < -0.3 is 42.1 Å². The van der Waals surface area contributed by atoms with Gasteiger partial charge >= 0.3 is 0 Å². The van der Waals surface area contributed by atoms with E-state index in [1.54, 1.807) is 39.2 Å². The molecule has 13 nitrogen and oxygen atoms in total. The summed E-state index contributed by atoms with van der Waals surface area (Å²) in [5.74, 6) is -6.88. The van der Waals surface area contributed by atoms with E-state index in [0.717, 1.165) is 32.1 Å². The smallest absolute Gasteiger partial charge is 0.255 e. The molecule has 1 aromatic rings. The number of aliphatic hydroxyl groups is 3. The number of aliphatic imine (C=N–C) groups is 1. The zero-order valence-electron chi connectivity index (χ0n) is 24.8. The minimum atomic E-state index is -2.70. The number of phenols is 1. The Balaban J connectivity index is 1.65. The van der Waals surface area contributed by atoms with E-state index in [1.165, 1.54) is 4.90 Å². The van der Waals surface area contributed by atoms with Crippen LogP contribution in [0.2, 0.25) is 0 Å². The van der Waals surface area contributed by atoms with Crippen LogP contribution in [-0.4, -0.2) is 94.6 Å². The molecule has 43 heavy (non-hydrogen) atoms. The Hall–Kier alpha value is -4.10. The first-order chi connectivity index (χ1) is 20.2. The second-order valence-corrected chi connectivity index (χ2v) is 12.4. The number of Topliss-reactive ketones (excluding diaryl/α,β-unsaturated/α-hetero) is 2. The van der Waals surface area contributed by atoms with Crippen molar-refractivity contribution in [2.24, 2.45) is 28.3 Å². The van der Waals surface area contributed by atoms with E-state index in [0.29, 0.717) is 11.3 Å². The first kappa shape index (κ1) is 30.4. The molecule has 2 fully saturated rings. The van der Waals surface area contributed by atoms with Gasteiger partial charge in [-0.25, -0.2) is 4.99 Å². The predicted octanol–water partition coefficient (Wildman–Crippen LogP) is 1.09. The molecule has 2 saturated carbocycles. The van der Waals surface area contributed by atoms with Gasteiger partial charge in [0.1, 0.15) is 22.8 Å². The number of anilines is 2. The van der Waals surface area contributed by atoms with E-state index in [4.69, 9.17) is 11.5 Å². The number of aromatic hydroxyl groups is 1. The Labute approximate surface area is 249 Å². The fourth-order valence-corrected chi connectivity index (χ4v) is 7.36. The number of rotatable bonds is 5. The number of phenolic OH excluding ortho intramolecular Hbond substituents is 1. The summed E-state index contributed by atoms with van der Waals surface area (Å²) in [6.45, 7) is 0. The Morgan fingerprint density at radius 3 is 2.30 bits per heavy atom. The van der Waals surface area contributed by atoms with Crippen molar-refractivity contribution in [2.75, 3.05) is 38.4 Å². The Kier molecular flexibility index (Phi) is 7.68. The maximum Gasteiger partial charge on any atom is 0.255 e. The largest absolute Gasteiger partial charge is 0.508 e. The number of aliphatic hydroxyl groups excluding tert-OH is 2. The summed E-state index contributed by atoms with van der Waals surface area (Å²) in [5, 5.41) is 48.9. The molecule has 9 N–H and O–H groups in total. The number of hydrogen-bond acceptors (Lipinski definition) is 10. The lowest BCUT2D eigenvalue weighted by molar-refractivity contribution is -0.153. The first-order valence-corrected chi connectivity index (χ1v) is 14.5. The fourth-order valence-electron chi connectivity index (χ4n) is 7.36. The number of carbonyl (C=O) groups is 3. The van der Waals surface area contributed by atoms with Gasteiger partial charge in [-0.3, -0.25) is 19.3 Å². The van der Waals surface area contributed by atoms with Crippen LogP contribution in [0.5, 0.6) is 5.75 Å². The maximum absolute atomic E-state index is 14.1. The number of likely N-dealkylation sites (N-methyl/N-ethyl adjacent to an activating group) is 1. The average Bonchev–Trinajstić information content (AvgIpc) is 2.92. The van der Waals surface area contributed by atoms with Crippen LogP contribution < -0.4 is 21.7 Å². The SMILES string of the molecule is CN(C)c1cc(NC(N)=NC2CCCCC2)c(O)c2c1CC1CC3C(N(C)C)C(=O)C(C(N)=O)=C(O)C3(O)C(=O)C1=C2O. The molecule has 1 amide bonds. The molecule has 0 aromatic heterocycles. The lowest BCUT2D eigenvalue weighted by Gasteiger charge is -2.50. The Morgan fingerprint density at radius 2 is 1.72 bits per heavy atom. The van der Waals surface area contributed by atoms with Crippen LogP contribution in [-0.2, 0) is 20.8 Å². The van der Waals surface area contributed by atoms with E-state index in [1.807, 2.05) is 0 Å². The number of fused-ring (bicyclic) bond motifs is 3. The molecule has 232 valence electrons. The monoisotopic (exact) mass is 596 g/mol. The number of nitrogens with two attached hydrogens (primary N) is 2. The zero-order valence-corrected chi connectivity index (χ0v) is 24.8. The normalized spacial score (nSPS) is 28.0. The van der Waals surface area contributed by atoms with Crippen molar-refractivity contribution in [3.63, 3.8) is 0 Å². The standard InChI is InChI=1S/C30H40N6O7/c1-35(2)18-12-17(34-29(32)33-14-8-6-5-7-9-14)23(37)20-15(18)10-13-11-16-22(36(3)4)25(39)21(28(31)42)27(41)30(16,43)26(40)19(13)24(20)38/h12-14,16,22,37-38,41,43H,5-11H2,1-4H3,(H2,31,42)(H3,32,33,34). The molecular weight excluding hydrogens is 556 g/mol. The lowest BCUT2D eigenvalue weighted by atomic mass is 9.57. The van der Waals surface area contributed by atoms with Gasteiger partial charge in [0.05, 0.1) is 23.3 Å². The second-order valence-electron chi connectivity index (χ2n) is 12.4. The van der Waals surface area contributed by atoms with Crippen molar-refractivity contribution in [3.8, 4) is 5.75 Å². The highest BCUT2D eigenvalue weighted by molar-refractivity contribution is 6.24. The van der Waals surface area contributed by atoms with Gasteiger partial charge in [-0.05, 0) is 57.3 Å². The fraction of sp³-hybridized carbons (Fsp3) is 0.533. The summed E-state index contributed by atoms with van der Waals surface area (Å²) < 4.78 is 0. The highest BCUT2D eigenvalue weighted by Gasteiger charge is 2.64. The van der Waals surface area contributed by atoms with Gasteiger partial charge in [0.25, 0.3) is 5.91 Å². The number of nitrogens with zero attached hydrogens (tertiary/aromatic N) is 3. The first-order valence-electron chi connectivity index (χ1n) is 14.5. The van der Waals surface area contributed by atoms with Crippen LogP contribution in [0.3, 0.4) is 0 Å². The molecule has 5 rings (SSSR count). The molecule has 0 radical (unpaired) electrons. The highest BCUT2D eigenvalue weighted by Crippen LogP contribution is 2.54. The second kappa shape index (κ2) is 10.9. The van der Waals surface area contributed by atoms with E-state index in [9.17, 15) is 34.8 Å². The number of primary amides is 1. The molecule has 4 aliphatic carbocycles. The van der Waals surface area contributed by atoms with Crippen molar-refractivity contribution in [1.82, 2.24) is 4.90 Å². The van der Waals surface area contributed by atoms with E-state index in [-0.39, 0.29) is 47.4 Å². The third-order valence-corrected chi connectivity index (χ3v) is 9.34. The minimum absolute atomic E-state index is 0.0143. The lowest BCUT2D eigenvalue weighted by Crippen LogP contribution is -2.65. The third kappa shape index (κ3) is 4.70. The molecule has 4 aliphatic rings. The summed E-state index contributed by atoms with van der Waals surface area (Å²) >= 11 is 0. The number of carbonyl (C=O) groups excluding carboxylic acids is 3. The minimum Gasteiger partial charge on any atom is -0.508 e. The van der Waals surface area contributed by atoms with Gasteiger partial charge in [-0.2, -0.15) is 0 Å². The summed E-state index contributed by atoms with van der Waals surface area (Å²) in [4.78, 5) is 47.4. The molecular formula is C30H40N6O7. The molecule has 0 spiro atoms. The van der Waals surface area contributed by atoms with Gasteiger partial charge in [-0.1, -0.05) is 19.3 Å². The number of amides is 1. The van der Waals surface area contributed by atoms with E-state index in [2.05, 4.69) is 10.3 Å². The average molecular weight is 597 g/mol. The Bertz CT molecular complexity index is 1490. The van der Waals surface area contributed by atoms with Crippen LogP contribution in [0, 0.1) is 11.8 Å². The molecule has 0 heterocycles. The Morgan fingerprint density at radius 1 is 1.07 bits per heavy atom. The van der Waals surface area contributed by atoms with E-state index >= 15 is 0 Å². The van der Waals surface area contributed by atoms with Crippen molar-refractivity contribution >= 4 is 40.6 Å². The zero-order chi connectivity index (χ0) is 31.5. The summed E-state index contributed by atoms with van der Waals surface area (Å²) in [5.41, 5.74) is 9.19. The van der Waals surface area contributed by atoms with Crippen LogP contribution in [0.1, 0.15) is 49.7 Å². The van der Waals surface area contributed by atoms with Crippen LogP contribution in [0.25, 0.3) is 5.76 Å². The van der Waals surface area contributed by atoms with Gasteiger partial charge in [0, 0.05) is 31.3 Å². The van der Waals surface area contributed by atoms with E-state index < -0.39 is 58.0 Å². The summed E-state index contributed by atoms with van der Waals surface area (Å²) in [6, 6.07) is 0.618. The molecule has 0 aliphatic heterocycles. The van der Waals surface area contributed by atoms with Gasteiger partial charge in [0.2, 0.25) is 5.78 Å². The quantitative estimate of drug-likeness (QED) is 0.110. The highest BCUT2D eigenvalue weighted by atomic mass is 16.3. The number of hydrogen-bond donors (Lipinski definition) is 7. The molecule has 0 bridgehead atoms. The maximum atomic E-state index is 14.1. The van der Waals surface area contributed by atoms with Crippen LogP contribution in [0.4, 0.5) is 11.4 Å². The number of benzene rings is 1. The molecule has 0 saturated heterocycles. The van der Waals surface area contributed by atoms with Crippen molar-refractivity contribution in [2.45, 2.75) is 62.6 Å². The predicted molar refractivity (Wildman–Crippen MR) is 161 cm³/mol. The van der Waals surface area contributed by atoms with Crippen molar-refractivity contribution < 1.29 is 34.8 Å². The number of ketones is 2. The molecule has 4 unspecified atom stereocenters. The number of guanidine groups is 1. The van der Waals surface area contributed by atoms with Gasteiger partial charge in [-0.15, -0.1) is 0 Å². The third-order valence-electron chi connectivity index (χ3n) is 9.34. The molecule has 4 atom stereocenters. The number of nitrogens with one attached hydrogen (secondary N) is 1. The summed E-state index contributed by atoms with van der Waals surface area (Å²) in [7, 11) is 6.72. The summed E-state index contributed by atoms with van der Waals surface area (Å²) in [6.07, 6.45) is 5.32. The molecule has 13 heteroatoms. The van der Waals surface area contributed by atoms with Crippen LogP contribution >= 0.6 is 0 Å².